The third-order valence-electron chi connectivity index (χ3n) is 5.54. The van der Waals surface area contributed by atoms with E-state index in [0.29, 0.717) is 29.2 Å². The molecule has 6 nitrogen and oxygen atoms in total. The average Bonchev–Trinajstić information content (AvgIpc) is 3.10. The van der Waals surface area contributed by atoms with Crippen LogP contribution in [0.5, 0.6) is 0 Å². The molecule has 142 valence electrons. The molecular weight excluding hydrogens is 357 g/mol. The Bertz CT molecular complexity index is 1110. The fourth-order valence-corrected chi connectivity index (χ4v) is 3.85. The van der Waals surface area contributed by atoms with Crippen molar-refractivity contribution >= 4 is 23.1 Å². The van der Waals surface area contributed by atoms with Crippen LogP contribution in [0.15, 0.2) is 18.5 Å². The number of rotatable bonds is 4. The largest absolute Gasteiger partial charge is 0.365 e. The summed E-state index contributed by atoms with van der Waals surface area (Å²) in [5.74, 6) is 5.81. The van der Waals surface area contributed by atoms with Gasteiger partial charge in [0.1, 0.15) is 11.5 Å². The number of hydrogen-bond acceptors (Lipinski definition) is 4. The lowest BCUT2D eigenvalue weighted by molar-refractivity contribution is 0.112. The second-order valence-corrected chi connectivity index (χ2v) is 7.56. The van der Waals surface area contributed by atoms with Gasteiger partial charge in [0.05, 0.1) is 28.5 Å². The minimum atomic E-state index is -0.390. The fourth-order valence-electron chi connectivity index (χ4n) is 3.85. The Kier molecular flexibility index (Phi) is 4.12. The van der Waals surface area contributed by atoms with E-state index >= 15 is 0 Å². The molecule has 2 N–H and O–H groups in total. The van der Waals surface area contributed by atoms with Gasteiger partial charge in [-0.1, -0.05) is 18.8 Å². The third-order valence-corrected chi connectivity index (χ3v) is 5.54. The summed E-state index contributed by atoms with van der Waals surface area (Å²) in [6.07, 6.45) is 9.24. The Hall–Kier alpha value is -3.14. The van der Waals surface area contributed by atoms with E-state index in [1.807, 2.05) is 4.57 Å². The van der Waals surface area contributed by atoms with Crippen molar-refractivity contribution in [2.75, 3.05) is 5.32 Å². The molecule has 7 heteroatoms. The van der Waals surface area contributed by atoms with Gasteiger partial charge in [-0.15, -0.1) is 0 Å². The van der Waals surface area contributed by atoms with Gasteiger partial charge in [0.25, 0.3) is 0 Å². The number of anilines is 1. The van der Waals surface area contributed by atoms with Gasteiger partial charge in [0.15, 0.2) is 12.1 Å². The van der Waals surface area contributed by atoms with Crippen molar-refractivity contribution in [2.45, 2.75) is 50.6 Å². The van der Waals surface area contributed by atoms with E-state index in [9.17, 15) is 9.18 Å². The van der Waals surface area contributed by atoms with E-state index in [1.54, 1.807) is 12.4 Å². The van der Waals surface area contributed by atoms with Crippen LogP contribution in [0.2, 0.25) is 0 Å². The van der Waals surface area contributed by atoms with E-state index in [1.165, 1.54) is 18.9 Å². The van der Waals surface area contributed by atoms with Crippen molar-refractivity contribution in [3.63, 3.8) is 0 Å². The average molecular weight is 377 g/mol. The predicted molar refractivity (Wildman–Crippen MR) is 104 cm³/mol. The molecule has 0 aliphatic heterocycles. The normalized spacial score (nSPS) is 16.9. The predicted octanol–water partition coefficient (Wildman–Crippen LogP) is 3.80. The summed E-state index contributed by atoms with van der Waals surface area (Å²) in [5.41, 5.74) is 2.55. The number of nitrogens with one attached hydrogen (secondary N) is 2. The van der Waals surface area contributed by atoms with Gasteiger partial charge in [-0.05, 0) is 37.7 Å². The van der Waals surface area contributed by atoms with Crippen molar-refractivity contribution in [3.05, 3.63) is 41.1 Å². The first-order chi connectivity index (χ1) is 13.7. The van der Waals surface area contributed by atoms with Crippen molar-refractivity contribution in [1.82, 2.24) is 19.7 Å². The number of carbonyl (C=O) groups is 1. The molecule has 28 heavy (non-hydrogen) atoms. The van der Waals surface area contributed by atoms with Crippen molar-refractivity contribution in [2.24, 2.45) is 0 Å². The molecule has 0 amide bonds. The highest BCUT2D eigenvalue weighted by Gasteiger charge is 2.25. The number of fused-ring (bicyclic) bond motifs is 1. The van der Waals surface area contributed by atoms with Crippen molar-refractivity contribution < 1.29 is 9.18 Å². The number of halogens is 1. The molecule has 0 spiro atoms. The highest BCUT2D eigenvalue weighted by Crippen LogP contribution is 2.37. The molecule has 0 radical (unpaired) electrons. The summed E-state index contributed by atoms with van der Waals surface area (Å²) in [4.78, 5) is 15.9. The summed E-state index contributed by atoms with van der Waals surface area (Å²) < 4.78 is 16.6. The molecule has 0 saturated heterocycles. The summed E-state index contributed by atoms with van der Waals surface area (Å²) in [6.45, 7) is 0. The first kappa shape index (κ1) is 17.0. The molecule has 0 atom stereocenters. The minimum absolute atomic E-state index is 0.255. The van der Waals surface area contributed by atoms with Crippen LogP contribution in [0.3, 0.4) is 0 Å². The molecular formula is C21H20FN5O. The number of aldehydes is 1. The van der Waals surface area contributed by atoms with E-state index in [-0.39, 0.29) is 11.4 Å². The quantitative estimate of drug-likeness (QED) is 0.536. The van der Waals surface area contributed by atoms with E-state index < -0.39 is 0 Å². The van der Waals surface area contributed by atoms with Gasteiger partial charge < -0.3 is 9.88 Å². The van der Waals surface area contributed by atoms with E-state index in [4.69, 9.17) is 0 Å². The van der Waals surface area contributed by atoms with Crippen molar-refractivity contribution in [1.29, 1.82) is 0 Å². The second-order valence-electron chi connectivity index (χ2n) is 7.56. The Labute approximate surface area is 161 Å². The molecule has 0 unspecified atom stereocenters. The molecule has 2 heterocycles. The Morgan fingerprint density at radius 3 is 2.79 bits per heavy atom. The molecule has 2 fully saturated rings. The van der Waals surface area contributed by atoms with Crippen LogP contribution in [0.1, 0.15) is 66.2 Å². The topological polar surface area (TPSA) is 75.6 Å². The lowest BCUT2D eigenvalue weighted by atomic mass is 10.1. The van der Waals surface area contributed by atoms with Gasteiger partial charge in [0.2, 0.25) is 0 Å². The number of hydrogen-bond donors (Lipinski definition) is 2. The van der Waals surface area contributed by atoms with Gasteiger partial charge in [-0.2, -0.15) is 5.10 Å². The summed E-state index contributed by atoms with van der Waals surface area (Å²) in [6, 6.07) is 3.92. The van der Waals surface area contributed by atoms with Crippen LogP contribution in [-0.4, -0.2) is 32.1 Å². The lowest BCUT2D eigenvalue weighted by Gasteiger charge is -2.10. The highest BCUT2D eigenvalue weighted by atomic mass is 19.1. The Balaban J connectivity index is 1.44. The van der Waals surface area contributed by atoms with Crippen LogP contribution in [0, 0.1) is 17.7 Å². The van der Waals surface area contributed by atoms with E-state index in [2.05, 4.69) is 32.3 Å². The van der Waals surface area contributed by atoms with Crippen LogP contribution >= 0.6 is 0 Å². The SMILES string of the molecule is O=Cc1c(NC2CCCC2)n[nH]c1C#Cc1cc2ncn(C3CC3)c2cc1F. The van der Waals surface area contributed by atoms with Gasteiger partial charge in [0, 0.05) is 18.2 Å². The first-order valence-corrected chi connectivity index (χ1v) is 9.71. The number of aromatic nitrogens is 4. The summed E-state index contributed by atoms with van der Waals surface area (Å²) in [5, 5.41) is 10.3. The van der Waals surface area contributed by atoms with E-state index in [0.717, 1.165) is 43.0 Å². The maximum atomic E-state index is 14.6. The number of H-pyrrole nitrogens is 1. The maximum Gasteiger partial charge on any atom is 0.159 e. The number of benzene rings is 1. The molecule has 3 aromatic rings. The second kappa shape index (κ2) is 6.79. The number of nitrogens with zero attached hydrogens (tertiary/aromatic N) is 3. The zero-order valence-electron chi connectivity index (χ0n) is 15.3. The number of imidazole rings is 1. The van der Waals surface area contributed by atoms with Gasteiger partial charge in [-0.3, -0.25) is 9.89 Å². The smallest absolute Gasteiger partial charge is 0.159 e. The van der Waals surface area contributed by atoms with Crippen molar-refractivity contribution in [3.8, 4) is 11.8 Å². The molecule has 2 saturated carbocycles. The molecule has 2 aliphatic rings. The zero-order valence-corrected chi connectivity index (χ0v) is 15.3. The zero-order chi connectivity index (χ0) is 19.1. The van der Waals surface area contributed by atoms with Gasteiger partial charge >= 0.3 is 0 Å². The monoisotopic (exact) mass is 377 g/mol. The van der Waals surface area contributed by atoms with Crippen LogP contribution in [0.4, 0.5) is 10.2 Å². The fraction of sp³-hybridized carbons (Fsp3) is 0.381. The van der Waals surface area contributed by atoms with Crippen LogP contribution in [-0.2, 0) is 0 Å². The molecule has 0 bridgehead atoms. The molecule has 2 aromatic heterocycles. The summed E-state index contributed by atoms with van der Waals surface area (Å²) >= 11 is 0. The molecule has 5 rings (SSSR count). The van der Waals surface area contributed by atoms with Crippen LogP contribution < -0.4 is 5.32 Å². The number of carbonyl (C=O) groups excluding carboxylic acids is 1. The summed E-state index contributed by atoms with van der Waals surface area (Å²) in [7, 11) is 0. The molecule has 1 aromatic carbocycles. The minimum Gasteiger partial charge on any atom is -0.365 e. The third kappa shape index (κ3) is 3.05. The first-order valence-electron chi connectivity index (χ1n) is 9.71. The lowest BCUT2D eigenvalue weighted by Crippen LogP contribution is -2.15. The number of aromatic amines is 1. The highest BCUT2D eigenvalue weighted by molar-refractivity contribution is 5.86. The van der Waals surface area contributed by atoms with Crippen LogP contribution in [0.25, 0.3) is 11.0 Å². The Morgan fingerprint density at radius 1 is 1.21 bits per heavy atom. The maximum absolute atomic E-state index is 14.6. The van der Waals surface area contributed by atoms with Gasteiger partial charge in [-0.25, -0.2) is 9.37 Å². The Morgan fingerprint density at radius 2 is 2.04 bits per heavy atom. The standard InChI is InChI=1S/C21H20FN5O/c22-17-10-20-19(23-12-27(20)15-6-7-15)9-13(17)5-8-18-16(11-28)21(26-25-18)24-14-3-1-2-4-14/h9-12,14-15H,1-4,6-7H2,(H2,24,25,26). The molecule has 2 aliphatic carbocycles.